The number of pyridine rings is 1. The van der Waals surface area contributed by atoms with E-state index in [4.69, 9.17) is 8.92 Å². The molecule has 1 fully saturated rings. The number of likely N-dealkylation sites (N-methyl/N-ethyl adjacent to an activating group) is 1. The Morgan fingerprint density at radius 3 is 2.95 bits per heavy atom. The third kappa shape index (κ3) is 4.45. The largest absolute Gasteiger partial charge is 0.490 e. The predicted molar refractivity (Wildman–Crippen MR) is 70.5 cm³/mol. The van der Waals surface area contributed by atoms with E-state index >= 15 is 0 Å². The summed E-state index contributed by atoms with van der Waals surface area (Å²) in [5, 5.41) is 0. The van der Waals surface area contributed by atoms with E-state index < -0.39 is 10.1 Å². The van der Waals surface area contributed by atoms with Gasteiger partial charge in [0.25, 0.3) is 10.1 Å². The van der Waals surface area contributed by atoms with Crippen molar-refractivity contribution in [1.29, 1.82) is 0 Å². The Hall–Kier alpha value is -1.18. The molecule has 0 bridgehead atoms. The summed E-state index contributed by atoms with van der Waals surface area (Å²) in [5.74, 6) is 0.711. The van der Waals surface area contributed by atoms with Gasteiger partial charge in [-0.1, -0.05) is 0 Å². The van der Waals surface area contributed by atoms with Crippen LogP contribution in [0, 0.1) is 0 Å². The molecule has 106 valence electrons. The number of hydrogen-bond acceptors (Lipinski definition) is 6. The minimum absolute atomic E-state index is 0.145. The highest BCUT2D eigenvalue weighted by atomic mass is 32.2. The van der Waals surface area contributed by atoms with Gasteiger partial charge in [-0.15, -0.1) is 0 Å². The number of likely N-dealkylation sites (tertiary alicyclic amines) is 1. The number of nitrogens with zero attached hydrogens (tertiary/aromatic N) is 2. The molecule has 0 saturated carbocycles. The van der Waals surface area contributed by atoms with Crippen LogP contribution in [-0.2, 0) is 14.3 Å². The number of rotatable bonds is 5. The van der Waals surface area contributed by atoms with Crippen LogP contribution in [0.1, 0.15) is 6.42 Å². The molecule has 0 N–H and O–H groups in total. The van der Waals surface area contributed by atoms with Crippen molar-refractivity contribution in [3.63, 3.8) is 0 Å². The van der Waals surface area contributed by atoms with E-state index in [0.717, 1.165) is 6.26 Å². The molecule has 19 heavy (non-hydrogen) atoms. The Labute approximate surface area is 113 Å². The van der Waals surface area contributed by atoms with Crippen LogP contribution >= 0.6 is 0 Å². The molecule has 0 unspecified atom stereocenters. The first-order chi connectivity index (χ1) is 8.94. The highest BCUT2D eigenvalue weighted by Crippen LogP contribution is 2.21. The van der Waals surface area contributed by atoms with Gasteiger partial charge in [0.05, 0.1) is 18.6 Å². The monoisotopic (exact) mass is 286 g/mol. The van der Waals surface area contributed by atoms with E-state index in [-0.39, 0.29) is 12.1 Å². The Morgan fingerprint density at radius 1 is 1.53 bits per heavy atom. The molecule has 6 nitrogen and oxygen atoms in total. The van der Waals surface area contributed by atoms with E-state index in [1.54, 1.807) is 12.4 Å². The molecule has 1 aliphatic heterocycles. The van der Waals surface area contributed by atoms with Gasteiger partial charge < -0.3 is 4.74 Å². The summed E-state index contributed by atoms with van der Waals surface area (Å²) in [6.07, 6.45) is 4.77. The SMILES string of the molecule is CN1C[C@H](OS(C)(=O)=O)C[C@H]1COc1cccnc1. The molecular weight excluding hydrogens is 268 g/mol. The Kier molecular flexibility index (Phi) is 4.38. The van der Waals surface area contributed by atoms with Gasteiger partial charge in [0, 0.05) is 18.8 Å². The van der Waals surface area contributed by atoms with Crippen LogP contribution in [0.15, 0.2) is 24.5 Å². The van der Waals surface area contributed by atoms with E-state index in [2.05, 4.69) is 4.98 Å². The van der Waals surface area contributed by atoms with Crippen molar-refractivity contribution in [2.75, 3.05) is 26.5 Å². The van der Waals surface area contributed by atoms with Gasteiger partial charge >= 0.3 is 0 Å². The summed E-state index contributed by atoms with van der Waals surface area (Å²) in [6.45, 7) is 1.08. The molecule has 0 amide bonds. The van der Waals surface area contributed by atoms with Crippen molar-refractivity contribution >= 4 is 10.1 Å². The van der Waals surface area contributed by atoms with Gasteiger partial charge in [0.2, 0.25) is 0 Å². The van der Waals surface area contributed by atoms with Gasteiger partial charge in [-0.05, 0) is 25.6 Å². The third-order valence-electron chi connectivity index (χ3n) is 3.04. The molecule has 7 heteroatoms. The summed E-state index contributed by atoms with van der Waals surface area (Å²) in [6, 6.07) is 3.79. The second-order valence-corrected chi connectivity index (χ2v) is 6.35. The molecule has 1 aromatic heterocycles. The second-order valence-electron chi connectivity index (χ2n) is 4.75. The smallest absolute Gasteiger partial charge is 0.264 e. The Bertz CT molecular complexity index is 506. The zero-order chi connectivity index (χ0) is 13.9. The van der Waals surface area contributed by atoms with Crippen molar-refractivity contribution in [2.45, 2.75) is 18.6 Å². The van der Waals surface area contributed by atoms with Crippen LogP contribution in [0.3, 0.4) is 0 Å². The predicted octanol–water partition coefficient (Wildman–Crippen LogP) is 0.509. The minimum Gasteiger partial charge on any atom is -0.490 e. The Morgan fingerprint density at radius 2 is 2.32 bits per heavy atom. The van der Waals surface area contributed by atoms with Crippen molar-refractivity contribution in [3.05, 3.63) is 24.5 Å². The fourth-order valence-corrected chi connectivity index (χ4v) is 2.80. The van der Waals surface area contributed by atoms with Crippen LogP contribution in [0.25, 0.3) is 0 Å². The van der Waals surface area contributed by atoms with Crippen LogP contribution in [0.5, 0.6) is 5.75 Å². The summed E-state index contributed by atoms with van der Waals surface area (Å²) in [4.78, 5) is 6.02. The van der Waals surface area contributed by atoms with Gasteiger partial charge in [-0.2, -0.15) is 8.42 Å². The van der Waals surface area contributed by atoms with E-state index in [0.29, 0.717) is 25.3 Å². The first-order valence-corrected chi connectivity index (χ1v) is 7.87. The lowest BCUT2D eigenvalue weighted by Crippen LogP contribution is -2.30. The highest BCUT2D eigenvalue weighted by Gasteiger charge is 2.32. The van der Waals surface area contributed by atoms with E-state index in [1.807, 2.05) is 24.1 Å². The number of aromatic nitrogens is 1. The molecule has 0 radical (unpaired) electrons. The van der Waals surface area contributed by atoms with Gasteiger partial charge in [-0.25, -0.2) is 0 Å². The maximum absolute atomic E-state index is 11.1. The molecule has 0 aromatic carbocycles. The van der Waals surface area contributed by atoms with Gasteiger partial charge in [0.15, 0.2) is 0 Å². The summed E-state index contributed by atoms with van der Waals surface area (Å²) in [5.41, 5.74) is 0. The van der Waals surface area contributed by atoms with Crippen LogP contribution in [0.2, 0.25) is 0 Å². The van der Waals surface area contributed by atoms with Crippen molar-refractivity contribution < 1.29 is 17.3 Å². The zero-order valence-corrected chi connectivity index (χ0v) is 11.8. The average molecular weight is 286 g/mol. The standard InChI is InChI=1S/C12H18N2O4S/c1-14-8-12(18-19(2,15)16)6-10(14)9-17-11-4-3-5-13-7-11/h3-5,7,10,12H,6,8-9H2,1-2H3/t10-,12+/m0/s1. The summed E-state index contributed by atoms with van der Waals surface area (Å²) < 4.78 is 32.8. The average Bonchev–Trinajstić information content (AvgIpc) is 2.66. The van der Waals surface area contributed by atoms with Crippen LogP contribution in [-0.4, -0.2) is 56.9 Å². The maximum atomic E-state index is 11.1. The molecule has 2 rings (SSSR count). The second kappa shape index (κ2) is 5.85. The van der Waals surface area contributed by atoms with Gasteiger partial charge in [-0.3, -0.25) is 14.1 Å². The van der Waals surface area contributed by atoms with Crippen LogP contribution in [0.4, 0.5) is 0 Å². The van der Waals surface area contributed by atoms with Crippen LogP contribution < -0.4 is 4.74 Å². The highest BCUT2D eigenvalue weighted by molar-refractivity contribution is 7.86. The normalized spacial score (nSPS) is 24.5. The quantitative estimate of drug-likeness (QED) is 0.735. The maximum Gasteiger partial charge on any atom is 0.264 e. The molecule has 1 aromatic rings. The molecule has 0 spiro atoms. The lowest BCUT2D eigenvalue weighted by atomic mass is 10.2. The zero-order valence-electron chi connectivity index (χ0n) is 11.0. The van der Waals surface area contributed by atoms with E-state index in [9.17, 15) is 8.42 Å². The first-order valence-electron chi connectivity index (χ1n) is 6.05. The Balaban J connectivity index is 1.85. The molecule has 1 saturated heterocycles. The fraction of sp³-hybridized carbons (Fsp3) is 0.583. The fourth-order valence-electron chi connectivity index (χ4n) is 2.17. The first kappa shape index (κ1) is 14.2. The minimum atomic E-state index is -3.40. The van der Waals surface area contributed by atoms with E-state index in [1.165, 1.54) is 0 Å². The lowest BCUT2D eigenvalue weighted by molar-refractivity contribution is 0.197. The lowest BCUT2D eigenvalue weighted by Gasteiger charge is -2.18. The molecule has 1 aliphatic rings. The number of ether oxygens (including phenoxy) is 1. The molecular formula is C12H18N2O4S. The summed E-state index contributed by atoms with van der Waals surface area (Å²) >= 11 is 0. The molecule has 2 heterocycles. The van der Waals surface area contributed by atoms with Crippen molar-refractivity contribution in [3.8, 4) is 5.75 Å². The summed E-state index contributed by atoms with van der Waals surface area (Å²) in [7, 11) is -1.47. The topological polar surface area (TPSA) is 68.7 Å². The molecule has 2 atom stereocenters. The third-order valence-corrected chi connectivity index (χ3v) is 3.66. The molecule has 0 aliphatic carbocycles. The number of hydrogen-bond donors (Lipinski definition) is 0. The van der Waals surface area contributed by atoms with Gasteiger partial charge in [0.1, 0.15) is 12.4 Å². The van der Waals surface area contributed by atoms with Crippen molar-refractivity contribution in [1.82, 2.24) is 9.88 Å². The van der Waals surface area contributed by atoms with Crippen molar-refractivity contribution in [2.24, 2.45) is 0 Å².